The molecule has 1 atom stereocenters. The number of hydrogen-bond donors (Lipinski definition) is 3. The Bertz CT molecular complexity index is 882. The van der Waals surface area contributed by atoms with E-state index in [-0.39, 0.29) is 6.23 Å². The Balaban J connectivity index is 1.54. The van der Waals surface area contributed by atoms with Gasteiger partial charge in [0.1, 0.15) is 11.3 Å². The molecule has 1 aliphatic rings. The lowest BCUT2D eigenvalue weighted by atomic mass is 10.1. The van der Waals surface area contributed by atoms with E-state index in [1.165, 1.54) is 5.39 Å². The fraction of sp³-hybridized carbons (Fsp3) is 0.222. The van der Waals surface area contributed by atoms with Crippen LogP contribution >= 0.6 is 11.6 Å². The van der Waals surface area contributed by atoms with Crippen molar-refractivity contribution >= 4 is 39.8 Å². The number of ether oxygens (including phenoxy) is 1. The van der Waals surface area contributed by atoms with Gasteiger partial charge in [-0.1, -0.05) is 41.9 Å². The molecule has 2 aromatic carbocycles. The maximum Gasteiger partial charge on any atom is 0.226 e. The molecule has 6 nitrogen and oxygen atoms in total. The van der Waals surface area contributed by atoms with Gasteiger partial charge in [0.2, 0.25) is 5.95 Å². The maximum absolute atomic E-state index is 6.25. The molecule has 2 heterocycles. The van der Waals surface area contributed by atoms with E-state index in [4.69, 9.17) is 16.3 Å². The molecule has 3 aromatic rings. The van der Waals surface area contributed by atoms with E-state index in [0.29, 0.717) is 29.9 Å². The first-order valence-corrected chi connectivity index (χ1v) is 8.53. The van der Waals surface area contributed by atoms with E-state index in [0.717, 1.165) is 17.6 Å². The standard InChI is InChI=1S/C18H18ClN5O/c19-15-10-21-18(23-16-11-20-7-8-25-16)24-17(15)22-14-6-5-12-3-1-2-4-13(12)9-14/h1-6,9-10,16,20H,7-8,11H2,(H2,21,22,23,24). The molecule has 7 heteroatoms. The van der Waals surface area contributed by atoms with Crippen LogP contribution in [0, 0.1) is 0 Å². The highest BCUT2D eigenvalue weighted by molar-refractivity contribution is 6.32. The molecule has 0 radical (unpaired) electrons. The molecule has 0 amide bonds. The topological polar surface area (TPSA) is 71.1 Å². The van der Waals surface area contributed by atoms with Gasteiger partial charge < -0.3 is 20.7 Å². The average molecular weight is 356 g/mol. The van der Waals surface area contributed by atoms with Gasteiger partial charge in [0.05, 0.1) is 12.8 Å². The van der Waals surface area contributed by atoms with Crippen molar-refractivity contribution in [1.29, 1.82) is 0 Å². The van der Waals surface area contributed by atoms with Crippen LogP contribution in [0.5, 0.6) is 0 Å². The molecule has 1 aromatic heterocycles. The quantitative estimate of drug-likeness (QED) is 0.666. The van der Waals surface area contributed by atoms with Gasteiger partial charge >= 0.3 is 0 Å². The van der Waals surface area contributed by atoms with Crippen molar-refractivity contribution in [3.8, 4) is 0 Å². The van der Waals surface area contributed by atoms with Crippen molar-refractivity contribution in [3.63, 3.8) is 0 Å². The summed E-state index contributed by atoms with van der Waals surface area (Å²) in [6, 6.07) is 14.3. The second-order valence-corrected chi connectivity index (χ2v) is 6.19. The third-order valence-corrected chi connectivity index (χ3v) is 4.25. The molecule has 0 bridgehead atoms. The van der Waals surface area contributed by atoms with Crippen LogP contribution in [-0.2, 0) is 4.74 Å². The van der Waals surface area contributed by atoms with E-state index in [2.05, 4.69) is 50.2 Å². The summed E-state index contributed by atoms with van der Waals surface area (Å²) in [5.74, 6) is 1.03. The van der Waals surface area contributed by atoms with Gasteiger partial charge in [0.15, 0.2) is 5.82 Å². The average Bonchev–Trinajstić information content (AvgIpc) is 2.65. The molecule has 4 rings (SSSR count). The summed E-state index contributed by atoms with van der Waals surface area (Å²) in [7, 11) is 0. The van der Waals surface area contributed by atoms with E-state index in [1.54, 1.807) is 6.20 Å². The number of nitrogens with one attached hydrogen (secondary N) is 3. The van der Waals surface area contributed by atoms with Gasteiger partial charge in [-0.25, -0.2) is 4.98 Å². The maximum atomic E-state index is 6.25. The van der Waals surface area contributed by atoms with Crippen LogP contribution in [0.2, 0.25) is 5.02 Å². The molecular weight excluding hydrogens is 338 g/mol. The van der Waals surface area contributed by atoms with Crippen molar-refractivity contribution in [2.75, 3.05) is 30.3 Å². The Morgan fingerprint density at radius 2 is 2.04 bits per heavy atom. The summed E-state index contributed by atoms with van der Waals surface area (Å²) < 4.78 is 5.61. The number of anilines is 3. The fourth-order valence-corrected chi connectivity index (χ4v) is 2.87. The number of fused-ring (bicyclic) bond motifs is 1. The third-order valence-electron chi connectivity index (χ3n) is 3.97. The highest BCUT2D eigenvalue weighted by atomic mass is 35.5. The number of hydrogen-bond acceptors (Lipinski definition) is 6. The van der Waals surface area contributed by atoms with Crippen LogP contribution in [-0.4, -0.2) is 35.9 Å². The summed E-state index contributed by atoms with van der Waals surface area (Å²) in [5, 5.41) is 12.5. The summed E-state index contributed by atoms with van der Waals surface area (Å²) in [6.45, 7) is 2.22. The highest BCUT2D eigenvalue weighted by Gasteiger charge is 2.15. The molecule has 0 saturated carbocycles. The molecule has 1 unspecified atom stereocenters. The Kier molecular flexibility index (Phi) is 4.65. The summed E-state index contributed by atoms with van der Waals surface area (Å²) in [6.07, 6.45) is 1.43. The SMILES string of the molecule is Clc1cnc(NC2CNCCO2)nc1Nc1ccc2ccccc2c1. The second kappa shape index (κ2) is 7.23. The Hall–Kier alpha value is -2.41. The van der Waals surface area contributed by atoms with Crippen molar-refractivity contribution in [3.05, 3.63) is 53.7 Å². The van der Waals surface area contributed by atoms with Crippen molar-refractivity contribution in [1.82, 2.24) is 15.3 Å². The molecule has 0 aliphatic carbocycles. The van der Waals surface area contributed by atoms with E-state index in [1.807, 2.05) is 18.2 Å². The van der Waals surface area contributed by atoms with Crippen molar-refractivity contribution in [2.24, 2.45) is 0 Å². The number of morpholine rings is 1. The first-order valence-electron chi connectivity index (χ1n) is 8.15. The minimum atomic E-state index is -0.150. The molecule has 1 fully saturated rings. The van der Waals surface area contributed by atoms with Crippen LogP contribution in [0.15, 0.2) is 48.7 Å². The van der Waals surface area contributed by atoms with Crippen LogP contribution in [0.1, 0.15) is 0 Å². The second-order valence-electron chi connectivity index (χ2n) is 5.78. The first kappa shape index (κ1) is 16.1. The monoisotopic (exact) mass is 355 g/mol. The minimum Gasteiger partial charge on any atom is -0.356 e. The number of benzene rings is 2. The zero-order chi connectivity index (χ0) is 17.1. The van der Waals surface area contributed by atoms with Gasteiger partial charge in [-0.2, -0.15) is 4.98 Å². The molecule has 3 N–H and O–H groups in total. The lowest BCUT2D eigenvalue weighted by Gasteiger charge is -2.24. The van der Waals surface area contributed by atoms with Gasteiger partial charge in [0, 0.05) is 18.8 Å². The van der Waals surface area contributed by atoms with Gasteiger partial charge in [-0.15, -0.1) is 0 Å². The molecular formula is C18H18ClN5O. The van der Waals surface area contributed by atoms with Crippen molar-refractivity contribution < 1.29 is 4.74 Å². The lowest BCUT2D eigenvalue weighted by molar-refractivity contribution is 0.0463. The van der Waals surface area contributed by atoms with Gasteiger partial charge in [0.25, 0.3) is 0 Å². The van der Waals surface area contributed by atoms with Crippen LogP contribution in [0.4, 0.5) is 17.5 Å². The predicted octanol–water partition coefficient (Wildman–Crippen LogP) is 3.38. The Labute approximate surface area is 150 Å². The smallest absolute Gasteiger partial charge is 0.226 e. The van der Waals surface area contributed by atoms with Gasteiger partial charge in [-0.3, -0.25) is 0 Å². The third kappa shape index (κ3) is 3.82. The zero-order valence-electron chi connectivity index (χ0n) is 13.5. The van der Waals surface area contributed by atoms with Crippen LogP contribution in [0.3, 0.4) is 0 Å². The number of rotatable bonds is 4. The van der Waals surface area contributed by atoms with Crippen LogP contribution in [0.25, 0.3) is 10.8 Å². The Morgan fingerprint density at radius 3 is 2.88 bits per heavy atom. The molecule has 1 aliphatic heterocycles. The zero-order valence-corrected chi connectivity index (χ0v) is 14.3. The van der Waals surface area contributed by atoms with E-state index < -0.39 is 0 Å². The van der Waals surface area contributed by atoms with E-state index in [9.17, 15) is 0 Å². The number of nitrogens with zero attached hydrogens (tertiary/aromatic N) is 2. The summed E-state index contributed by atoms with van der Waals surface area (Å²) >= 11 is 6.25. The van der Waals surface area contributed by atoms with Gasteiger partial charge in [-0.05, 0) is 22.9 Å². The van der Waals surface area contributed by atoms with E-state index >= 15 is 0 Å². The molecule has 1 saturated heterocycles. The summed E-state index contributed by atoms with van der Waals surface area (Å²) in [5.41, 5.74) is 0.917. The Morgan fingerprint density at radius 1 is 1.16 bits per heavy atom. The lowest BCUT2D eigenvalue weighted by Crippen LogP contribution is -2.43. The minimum absolute atomic E-state index is 0.150. The predicted molar refractivity (Wildman–Crippen MR) is 101 cm³/mol. The number of halogens is 1. The number of aromatic nitrogens is 2. The fourth-order valence-electron chi connectivity index (χ4n) is 2.73. The molecule has 25 heavy (non-hydrogen) atoms. The van der Waals surface area contributed by atoms with Crippen molar-refractivity contribution in [2.45, 2.75) is 6.23 Å². The largest absolute Gasteiger partial charge is 0.356 e. The first-order chi connectivity index (χ1) is 12.3. The normalized spacial score (nSPS) is 17.4. The molecule has 0 spiro atoms. The highest BCUT2D eigenvalue weighted by Crippen LogP contribution is 2.26. The molecule has 128 valence electrons. The summed E-state index contributed by atoms with van der Waals surface area (Å²) in [4.78, 5) is 8.69. The van der Waals surface area contributed by atoms with Crippen LogP contribution < -0.4 is 16.0 Å².